The van der Waals surface area contributed by atoms with Crippen molar-refractivity contribution in [3.05, 3.63) is 29.0 Å². The highest BCUT2D eigenvalue weighted by atomic mass is 35.5. The van der Waals surface area contributed by atoms with E-state index in [2.05, 4.69) is 16.5 Å². The molecule has 0 spiro atoms. The maximum absolute atomic E-state index is 6.22. The predicted molar refractivity (Wildman–Crippen MR) is 69.5 cm³/mol. The summed E-state index contributed by atoms with van der Waals surface area (Å²) in [7, 11) is 0. The molecular weight excluding hydrogens is 243 g/mol. The number of para-hydroxylation sites is 1. The lowest BCUT2D eigenvalue weighted by Gasteiger charge is -2.07. The molecule has 0 atom stereocenters. The van der Waals surface area contributed by atoms with Crippen LogP contribution in [0.1, 0.15) is 19.2 Å². The minimum Gasteiger partial charge on any atom is -0.327 e. The first-order valence-corrected chi connectivity index (χ1v) is 6.38. The zero-order chi connectivity index (χ0) is 11.5. The molecule has 0 N–H and O–H groups in total. The lowest BCUT2D eigenvalue weighted by molar-refractivity contribution is 0.660. The van der Waals surface area contributed by atoms with Crippen LogP contribution in [0.25, 0.3) is 11.0 Å². The van der Waals surface area contributed by atoms with E-state index >= 15 is 0 Å². The molecule has 16 heavy (non-hydrogen) atoms. The number of hydrogen-bond acceptors (Lipinski definition) is 1. The Labute approximate surface area is 105 Å². The van der Waals surface area contributed by atoms with Gasteiger partial charge in [0.05, 0.1) is 16.1 Å². The quantitative estimate of drug-likeness (QED) is 0.760. The number of rotatable bonds is 4. The Morgan fingerprint density at radius 1 is 1.38 bits per heavy atom. The van der Waals surface area contributed by atoms with Gasteiger partial charge in [-0.2, -0.15) is 0 Å². The number of hydrogen-bond donors (Lipinski definition) is 0. The van der Waals surface area contributed by atoms with Gasteiger partial charge in [0, 0.05) is 18.8 Å². The van der Waals surface area contributed by atoms with Gasteiger partial charge in [0.15, 0.2) is 0 Å². The van der Waals surface area contributed by atoms with Gasteiger partial charge in [0.1, 0.15) is 5.82 Å². The molecule has 0 saturated heterocycles. The van der Waals surface area contributed by atoms with Crippen LogP contribution < -0.4 is 0 Å². The number of benzene rings is 1. The second kappa shape index (κ2) is 5.07. The lowest BCUT2D eigenvalue weighted by Crippen LogP contribution is -2.04. The van der Waals surface area contributed by atoms with Crippen LogP contribution in [0.15, 0.2) is 18.2 Å². The van der Waals surface area contributed by atoms with Crippen LogP contribution in [0, 0.1) is 0 Å². The van der Waals surface area contributed by atoms with Gasteiger partial charge < -0.3 is 4.57 Å². The number of imidazole rings is 1. The molecular formula is C12H14Cl2N2. The SMILES string of the molecule is CCCn1c(CCCl)nc2cccc(Cl)c21. The van der Waals surface area contributed by atoms with E-state index in [-0.39, 0.29) is 0 Å². The first kappa shape index (κ1) is 11.7. The molecule has 0 bridgehead atoms. The third-order valence-electron chi connectivity index (χ3n) is 2.56. The van der Waals surface area contributed by atoms with Gasteiger partial charge in [0.2, 0.25) is 0 Å². The summed E-state index contributed by atoms with van der Waals surface area (Å²) in [5.74, 6) is 1.62. The Balaban J connectivity index is 2.62. The Bertz CT molecular complexity index is 491. The van der Waals surface area contributed by atoms with Gasteiger partial charge in [-0.1, -0.05) is 24.6 Å². The van der Waals surface area contributed by atoms with Crippen molar-refractivity contribution in [2.75, 3.05) is 5.88 Å². The average Bonchev–Trinajstić information content (AvgIpc) is 2.59. The van der Waals surface area contributed by atoms with Crippen molar-refractivity contribution in [3.63, 3.8) is 0 Å². The highest BCUT2D eigenvalue weighted by Gasteiger charge is 2.11. The van der Waals surface area contributed by atoms with Crippen LogP contribution in [0.4, 0.5) is 0 Å². The maximum Gasteiger partial charge on any atom is 0.111 e. The van der Waals surface area contributed by atoms with Crippen LogP contribution in [0.5, 0.6) is 0 Å². The van der Waals surface area contributed by atoms with Gasteiger partial charge in [-0.15, -0.1) is 11.6 Å². The van der Waals surface area contributed by atoms with E-state index in [9.17, 15) is 0 Å². The number of halogens is 2. The molecule has 2 nitrogen and oxygen atoms in total. The Kier molecular flexibility index (Phi) is 3.72. The van der Waals surface area contributed by atoms with E-state index in [1.54, 1.807) is 0 Å². The molecule has 2 aromatic rings. The number of aryl methyl sites for hydroxylation is 2. The second-order valence-corrected chi connectivity index (χ2v) is 4.51. The molecule has 4 heteroatoms. The van der Waals surface area contributed by atoms with E-state index in [1.165, 1.54) is 0 Å². The number of nitrogens with zero attached hydrogens (tertiary/aromatic N) is 2. The Morgan fingerprint density at radius 2 is 2.19 bits per heavy atom. The zero-order valence-corrected chi connectivity index (χ0v) is 10.7. The van der Waals surface area contributed by atoms with Gasteiger partial charge in [-0.05, 0) is 18.6 Å². The summed E-state index contributed by atoms with van der Waals surface area (Å²) in [6.45, 7) is 3.08. The highest BCUT2D eigenvalue weighted by molar-refractivity contribution is 6.35. The zero-order valence-electron chi connectivity index (χ0n) is 9.21. The molecule has 1 aromatic heterocycles. The average molecular weight is 257 g/mol. The fourth-order valence-corrected chi connectivity index (χ4v) is 2.37. The lowest BCUT2D eigenvalue weighted by atomic mass is 10.3. The second-order valence-electron chi connectivity index (χ2n) is 3.73. The fraction of sp³-hybridized carbons (Fsp3) is 0.417. The smallest absolute Gasteiger partial charge is 0.111 e. The Morgan fingerprint density at radius 3 is 2.88 bits per heavy atom. The van der Waals surface area contributed by atoms with E-state index in [4.69, 9.17) is 23.2 Å². The summed E-state index contributed by atoms with van der Waals surface area (Å²) in [4.78, 5) is 4.58. The molecule has 0 aliphatic carbocycles. The van der Waals surface area contributed by atoms with Crippen LogP contribution in [0.2, 0.25) is 5.02 Å². The van der Waals surface area contributed by atoms with Gasteiger partial charge >= 0.3 is 0 Å². The van der Waals surface area contributed by atoms with Gasteiger partial charge in [-0.25, -0.2) is 4.98 Å². The monoisotopic (exact) mass is 256 g/mol. The van der Waals surface area contributed by atoms with Crippen LogP contribution in [-0.4, -0.2) is 15.4 Å². The summed E-state index contributed by atoms with van der Waals surface area (Å²) < 4.78 is 2.18. The fourth-order valence-electron chi connectivity index (χ4n) is 1.93. The number of fused-ring (bicyclic) bond motifs is 1. The van der Waals surface area contributed by atoms with Gasteiger partial charge in [0.25, 0.3) is 0 Å². The molecule has 86 valence electrons. The van der Waals surface area contributed by atoms with Crippen molar-refractivity contribution < 1.29 is 0 Å². The molecule has 1 aromatic carbocycles. The largest absolute Gasteiger partial charge is 0.327 e. The minimum absolute atomic E-state index is 0.588. The molecule has 0 unspecified atom stereocenters. The first-order chi connectivity index (χ1) is 7.77. The molecule has 0 aliphatic rings. The molecule has 0 fully saturated rings. The van der Waals surface area contributed by atoms with Crippen LogP contribution in [-0.2, 0) is 13.0 Å². The van der Waals surface area contributed by atoms with E-state index in [0.717, 1.165) is 41.3 Å². The summed E-state index contributed by atoms with van der Waals surface area (Å²) in [5.41, 5.74) is 1.99. The predicted octanol–water partition coefficient (Wildman–Crippen LogP) is 3.88. The van der Waals surface area contributed by atoms with Crippen LogP contribution in [0.3, 0.4) is 0 Å². The Hall–Kier alpha value is -0.730. The summed E-state index contributed by atoms with van der Waals surface area (Å²) >= 11 is 12.0. The molecule has 1 heterocycles. The van der Waals surface area contributed by atoms with Crippen molar-refractivity contribution in [2.24, 2.45) is 0 Å². The van der Waals surface area contributed by atoms with Crippen molar-refractivity contribution in [1.29, 1.82) is 0 Å². The summed E-state index contributed by atoms with van der Waals surface area (Å²) in [6, 6.07) is 5.83. The molecule has 2 rings (SSSR count). The number of alkyl halides is 1. The van der Waals surface area contributed by atoms with Crippen molar-refractivity contribution in [2.45, 2.75) is 26.3 Å². The van der Waals surface area contributed by atoms with Crippen LogP contribution >= 0.6 is 23.2 Å². The van der Waals surface area contributed by atoms with E-state index < -0.39 is 0 Å². The third kappa shape index (κ3) is 2.04. The van der Waals surface area contributed by atoms with Crippen molar-refractivity contribution >= 4 is 34.2 Å². The van der Waals surface area contributed by atoms with E-state index in [0.29, 0.717) is 5.88 Å². The molecule has 0 saturated carbocycles. The van der Waals surface area contributed by atoms with Crippen molar-refractivity contribution in [1.82, 2.24) is 9.55 Å². The van der Waals surface area contributed by atoms with Crippen molar-refractivity contribution in [3.8, 4) is 0 Å². The normalized spacial score (nSPS) is 11.2. The molecule has 0 radical (unpaired) electrons. The third-order valence-corrected chi connectivity index (χ3v) is 3.06. The molecule has 0 aliphatic heterocycles. The standard InChI is InChI=1S/C12H14Cl2N2/c1-2-8-16-11(6-7-13)15-10-5-3-4-9(14)12(10)16/h3-5H,2,6-8H2,1H3. The maximum atomic E-state index is 6.22. The summed E-state index contributed by atoms with van der Waals surface area (Å²) in [5, 5.41) is 0.763. The molecule has 0 amide bonds. The topological polar surface area (TPSA) is 17.8 Å². The minimum atomic E-state index is 0.588. The first-order valence-electron chi connectivity index (χ1n) is 5.47. The number of aromatic nitrogens is 2. The van der Waals surface area contributed by atoms with E-state index in [1.807, 2.05) is 18.2 Å². The van der Waals surface area contributed by atoms with Gasteiger partial charge in [-0.3, -0.25) is 0 Å². The highest BCUT2D eigenvalue weighted by Crippen LogP contribution is 2.25. The summed E-state index contributed by atoms with van der Waals surface area (Å²) in [6.07, 6.45) is 1.85.